The van der Waals surface area contributed by atoms with Crippen LogP contribution in [0.5, 0.6) is 5.75 Å². The van der Waals surface area contributed by atoms with Gasteiger partial charge in [0.05, 0.1) is 23.0 Å². The number of nitrogens with zero attached hydrogens (tertiary/aromatic N) is 1. The molecule has 0 N–H and O–H groups in total. The number of hydrogen-bond acceptors (Lipinski definition) is 3. The van der Waals surface area contributed by atoms with Crippen LogP contribution in [0.2, 0.25) is 0 Å². The first-order valence-electron chi connectivity index (χ1n) is 6.44. The SMILES string of the molecule is O=[N+]([O-])c1cc(OC2CCC(C(F)(F)F)CC2)ccc1F. The van der Waals surface area contributed by atoms with Gasteiger partial charge in [0, 0.05) is 0 Å². The van der Waals surface area contributed by atoms with Crippen LogP contribution in [0.4, 0.5) is 23.2 Å². The summed E-state index contributed by atoms with van der Waals surface area (Å²) in [7, 11) is 0. The van der Waals surface area contributed by atoms with Crippen molar-refractivity contribution in [2.45, 2.75) is 38.0 Å². The lowest BCUT2D eigenvalue weighted by Gasteiger charge is -2.30. The molecule has 1 aliphatic rings. The normalized spacial score (nSPS) is 22.9. The number of alkyl halides is 3. The highest BCUT2D eigenvalue weighted by molar-refractivity contribution is 5.39. The first-order valence-corrected chi connectivity index (χ1v) is 6.44. The summed E-state index contributed by atoms with van der Waals surface area (Å²) in [6.45, 7) is 0. The van der Waals surface area contributed by atoms with Gasteiger partial charge in [-0.25, -0.2) is 0 Å². The number of nitro benzene ring substituents is 1. The zero-order valence-corrected chi connectivity index (χ0v) is 10.9. The standard InChI is InChI=1S/C13H13F4NO3/c14-11-6-5-10(7-12(11)18(19)20)21-9-3-1-8(2-4-9)13(15,16)17/h5-9H,1-4H2. The third-order valence-electron chi connectivity index (χ3n) is 3.55. The summed E-state index contributed by atoms with van der Waals surface area (Å²) in [6, 6.07) is 3.10. The van der Waals surface area contributed by atoms with Crippen molar-refractivity contribution in [3.8, 4) is 5.75 Å². The molecular weight excluding hydrogens is 294 g/mol. The molecular formula is C13H13F4NO3. The van der Waals surface area contributed by atoms with Gasteiger partial charge in [-0.2, -0.15) is 17.6 Å². The maximum atomic E-state index is 13.2. The predicted octanol–water partition coefficient (Wildman–Crippen LogP) is 4.23. The molecule has 0 spiro atoms. The van der Waals surface area contributed by atoms with Crippen LogP contribution in [0.1, 0.15) is 25.7 Å². The minimum atomic E-state index is -4.19. The minimum Gasteiger partial charge on any atom is -0.490 e. The smallest absolute Gasteiger partial charge is 0.391 e. The minimum absolute atomic E-state index is 0.0303. The van der Waals surface area contributed by atoms with Gasteiger partial charge in [0.2, 0.25) is 5.82 Å². The Morgan fingerprint density at radius 1 is 1.19 bits per heavy atom. The molecule has 0 unspecified atom stereocenters. The van der Waals surface area contributed by atoms with Crippen molar-refractivity contribution in [2.24, 2.45) is 5.92 Å². The summed E-state index contributed by atoms with van der Waals surface area (Å²) >= 11 is 0. The predicted molar refractivity (Wildman–Crippen MR) is 65.5 cm³/mol. The molecule has 0 atom stereocenters. The molecule has 0 saturated heterocycles. The van der Waals surface area contributed by atoms with E-state index in [9.17, 15) is 27.7 Å². The molecule has 8 heteroatoms. The summed E-state index contributed by atoms with van der Waals surface area (Å²) in [4.78, 5) is 9.73. The third-order valence-corrected chi connectivity index (χ3v) is 3.55. The van der Waals surface area contributed by atoms with Crippen molar-refractivity contribution in [3.63, 3.8) is 0 Å². The monoisotopic (exact) mass is 307 g/mol. The number of nitro groups is 1. The van der Waals surface area contributed by atoms with E-state index in [0.717, 1.165) is 12.1 Å². The molecule has 0 aromatic heterocycles. The summed E-state index contributed by atoms with van der Waals surface area (Å²) in [5, 5.41) is 10.6. The fourth-order valence-corrected chi connectivity index (χ4v) is 2.41. The molecule has 0 radical (unpaired) electrons. The molecule has 0 heterocycles. The van der Waals surface area contributed by atoms with Gasteiger partial charge < -0.3 is 4.74 Å². The third kappa shape index (κ3) is 3.83. The molecule has 116 valence electrons. The van der Waals surface area contributed by atoms with Gasteiger partial charge in [-0.3, -0.25) is 10.1 Å². The van der Waals surface area contributed by atoms with Crippen molar-refractivity contribution in [2.75, 3.05) is 0 Å². The second kappa shape index (κ2) is 5.87. The molecule has 1 fully saturated rings. The van der Waals surface area contributed by atoms with E-state index in [-0.39, 0.29) is 31.4 Å². The maximum absolute atomic E-state index is 13.2. The Morgan fingerprint density at radius 3 is 2.33 bits per heavy atom. The van der Waals surface area contributed by atoms with Crippen LogP contribution in [0, 0.1) is 21.8 Å². The van der Waals surface area contributed by atoms with E-state index < -0.39 is 34.6 Å². The average Bonchev–Trinajstić information content (AvgIpc) is 2.40. The molecule has 1 saturated carbocycles. The lowest BCUT2D eigenvalue weighted by Crippen LogP contribution is -2.31. The quantitative estimate of drug-likeness (QED) is 0.477. The number of halogens is 4. The van der Waals surface area contributed by atoms with E-state index in [1.165, 1.54) is 6.07 Å². The Labute approximate surface area is 117 Å². The summed E-state index contributed by atoms with van der Waals surface area (Å²) < 4.78 is 56.2. The number of ether oxygens (including phenoxy) is 1. The van der Waals surface area contributed by atoms with Crippen LogP contribution < -0.4 is 4.74 Å². The first-order chi connectivity index (χ1) is 9.77. The summed E-state index contributed by atoms with van der Waals surface area (Å²) in [5.74, 6) is -2.20. The lowest BCUT2D eigenvalue weighted by atomic mass is 9.87. The van der Waals surface area contributed by atoms with Gasteiger partial charge in [-0.1, -0.05) is 0 Å². The van der Waals surface area contributed by atoms with Crippen molar-refractivity contribution in [1.29, 1.82) is 0 Å². The second-order valence-electron chi connectivity index (χ2n) is 5.00. The van der Waals surface area contributed by atoms with Crippen molar-refractivity contribution in [1.82, 2.24) is 0 Å². The van der Waals surface area contributed by atoms with Crippen LogP contribution in [-0.2, 0) is 0 Å². The van der Waals surface area contributed by atoms with Crippen LogP contribution in [0.3, 0.4) is 0 Å². The summed E-state index contributed by atoms with van der Waals surface area (Å²) in [6.07, 6.45) is -4.26. The Kier molecular flexibility index (Phi) is 4.34. The summed E-state index contributed by atoms with van der Waals surface area (Å²) in [5.41, 5.74) is -0.712. The van der Waals surface area contributed by atoms with Crippen molar-refractivity contribution < 1.29 is 27.2 Å². The Hall–Kier alpha value is -1.86. The molecule has 1 aromatic rings. The van der Waals surface area contributed by atoms with Gasteiger partial charge in [0.15, 0.2) is 0 Å². The lowest BCUT2D eigenvalue weighted by molar-refractivity contribution is -0.387. The Bertz CT molecular complexity index is 525. The van der Waals surface area contributed by atoms with E-state index in [1.807, 2.05) is 0 Å². The molecule has 1 aromatic carbocycles. The fourth-order valence-electron chi connectivity index (χ4n) is 2.41. The topological polar surface area (TPSA) is 52.4 Å². The zero-order valence-electron chi connectivity index (χ0n) is 10.9. The first kappa shape index (κ1) is 15.5. The molecule has 1 aliphatic carbocycles. The highest BCUT2D eigenvalue weighted by atomic mass is 19.4. The van der Waals surface area contributed by atoms with Gasteiger partial charge in [-0.15, -0.1) is 0 Å². The van der Waals surface area contributed by atoms with Gasteiger partial charge in [0.1, 0.15) is 5.75 Å². The van der Waals surface area contributed by atoms with Gasteiger partial charge >= 0.3 is 11.9 Å². The van der Waals surface area contributed by atoms with Crippen molar-refractivity contribution in [3.05, 3.63) is 34.1 Å². The van der Waals surface area contributed by atoms with Crippen LogP contribution in [0.15, 0.2) is 18.2 Å². The van der Waals surface area contributed by atoms with Gasteiger partial charge in [0.25, 0.3) is 0 Å². The van der Waals surface area contributed by atoms with Crippen LogP contribution >= 0.6 is 0 Å². The highest BCUT2D eigenvalue weighted by Crippen LogP contribution is 2.38. The number of hydrogen-bond donors (Lipinski definition) is 0. The molecule has 0 aliphatic heterocycles. The van der Waals surface area contributed by atoms with Crippen LogP contribution in [0.25, 0.3) is 0 Å². The van der Waals surface area contributed by atoms with Crippen molar-refractivity contribution >= 4 is 5.69 Å². The Morgan fingerprint density at radius 2 is 1.81 bits per heavy atom. The highest BCUT2D eigenvalue weighted by Gasteiger charge is 2.41. The average molecular weight is 307 g/mol. The molecule has 4 nitrogen and oxygen atoms in total. The zero-order chi connectivity index (χ0) is 15.6. The Balaban J connectivity index is 1.98. The largest absolute Gasteiger partial charge is 0.490 e. The van der Waals surface area contributed by atoms with Crippen LogP contribution in [-0.4, -0.2) is 17.2 Å². The molecule has 21 heavy (non-hydrogen) atoms. The van der Waals surface area contributed by atoms with E-state index in [1.54, 1.807) is 0 Å². The van der Waals surface area contributed by atoms with E-state index in [0.29, 0.717) is 0 Å². The van der Waals surface area contributed by atoms with E-state index in [4.69, 9.17) is 4.74 Å². The molecule has 2 rings (SSSR count). The molecule has 0 bridgehead atoms. The second-order valence-corrected chi connectivity index (χ2v) is 5.00. The number of benzene rings is 1. The molecule has 0 amide bonds. The number of rotatable bonds is 3. The maximum Gasteiger partial charge on any atom is 0.391 e. The van der Waals surface area contributed by atoms with E-state index >= 15 is 0 Å². The fraction of sp³-hybridized carbons (Fsp3) is 0.538. The van der Waals surface area contributed by atoms with E-state index in [2.05, 4.69) is 0 Å². The van der Waals surface area contributed by atoms with Gasteiger partial charge in [-0.05, 0) is 37.8 Å².